The molecule has 4 fully saturated rings. The average molecular weight is 346 g/mol. The Labute approximate surface area is 145 Å². The van der Waals surface area contributed by atoms with Crippen LogP contribution in [-0.2, 0) is 14.3 Å². The van der Waals surface area contributed by atoms with Gasteiger partial charge >= 0.3 is 11.9 Å². The fourth-order valence-corrected chi connectivity index (χ4v) is 6.86. The van der Waals surface area contributed by atoms with Crippen LogP contribution < -0.4 is 0 Å². The Morgan fingerprint density at radius 3 is 2.84 bits per heavy atom. The minimum absolute atomic E-state index is 0.0121. The fraction of sp³-hybridized carbons (Fsp3) is 0.684. The zero-order chi connectivity index (χ0) is 17.9. The average Bonchev–Trinajstić information content (AvgIpc) is 2.96. The summed E-state index contributed by atoms with van der Waals surface area (Å²) in [7, 11) is 0. The standard InChI is InChI=1S/C19H22O6/c1-8-6-18-7-19(8,24)4-3-10(18)9-5-11-14(20)17(2,16(23)25-11)12(9)13(18)15(21)22/h5,10-14,20,24H,1,3-4,6-7H2,2H3,(H,21,22)/t10-,11-,12+,13-,14-,17-,18-,19+/m1/s1. The summed E-state index contributed by atoms with van der Waals surface area (Å²) in [4.78, 5) is 24.9. The van der Waals surface area contributed by atoms with Crippen LogP contribution in [-0.4, -0.2) is 45.1 Å². The Balaban J connectivity index is 1.75. The molecule has 134 valence electrons. The van der Waals surface area contributed by atoms with Crippen LogP contribution in [0, 0.1) is 28.6 Å². The highest BCUT2D eigenvalue weighted by molar-refractivity contribution is 5.85. The number of aliphatic hydroxyl groups excluding tert-OH is 1. The molecule has 0 aromatic heterocycles. The maximum atomic E-state index is 12.6. The van der Waals surface area contributed by atoms with Gasteiger partial charge in [-0.2, -0.15) is 0 Å². The van der Waals surface area contributed by atoms with Crippen LogP contribution in [0.1, 0.15) is 32.6 Å². The van der Waals surface area contributed by atoms with E-state index in [0.717, 1.165) is 5.57 Å². The van der Waals surface area contributed by atoms with Crippen LogP contribution in [0.25, 0.3) is 0 Å². The third kappa shape index (κ3) is 1.47. The Kier molecular flexibility index (Phi) is 2.60. The lowest BCUT2D eigenvalue weighted by Crippen LogP contribution is -2.50. The molecule has 6 nitrogen and oxygen atoms in total. The number of carboxylic acid groups (broad SMARTS) is 1. The lowest BCUT2D eigenvalue weighted by atomic mass is 9.61. The molecule has 1 heterocycles. The van der Waals surface area contributed by atoms with Gasteiger partial charge in [-0.3, -0.25) is 9.59 Å². The zero-order valence-electron chi connectivity index (χ0n) is 14.1. The van der Waals surface area contributed by atoms with Gasteiger partial charge in [0.1, 0.15) is 17.6 Å². The summed E-state index contributed by atoms with van der Waals surface area (Å²) in [5.41, 5.74) is -1.23. The van der Waals surface area contributed by atoms with E-state index in [1.807, 2.05) is 0 Å². The van der Waals surface area contributed by atoms with Crippen LogP contribution in [0.5, 0.6) is 0 Å². The summed E-state index contributed by atoms with van der Waals surface area (Å²) >= 11 is 0. The molecule has 5 aliphatic rings. The number of aliphatic carboxylic acids is 1. The highest BCUT2D eigenvalue weighted by atomic mass is 16.6. The van der Waals surface area contributed by atoms with Crippen LogP contribution >= 0.6 is 0 Å². The molecule has 4 bridgehead atoms. The van der Waals surface area contributed by atoms with Crippen molar-refractivity contribution < 1.29 is 29.6 Å². The van der Waals surface area contributed by atoms with Crippen molar-refractivity contribution in [3.05, 3.63) is 23.8 Å². The minimum atomic E-state index is -1.24. The fourth-order valence-electron chi connectivity index (χ4n) is 6.86. The topological polar surface area (TPSA) is 104 Å². The first-order valence-corrected chi connectivity index (χ1v) is 8.89. The van der Waals surface area contributed by atoms with E-state index in [1.165, 1.54) is 0 Å². The van der Waals surface area contributed by atoms with Crippen molar-refractivity contribution in [3.63, 3.8) is 0 Å². The number of ether oxygens (including phenoxy) is 1. The highest BCUT2D eigenvalue weighted by Crippen LogP contribution is 2.74. The third-order valence-electron chi connectivity index (χ3n) is 7.95. The molecule has 25 heavy (non-hydrogen) atoms. The van der Waals surface area contributed by atoms with Crippen molar-refractivity contribution in [1.29, 1.82) is 0 Å². The quantitative estimate of drug-likeness (QED) is 0.484. The molecular weight excluding hydrogens is 324 g/mol. The number of hydrogen-bond acceptors (Lipinski definition) is 5. The molecule has 0 aromatic rings. The van der Waals surface area contributed by atoms with E-state index in [-0.39, 0.29) is 5.92 Å². The SMILES string of the molecule is C=C1C[C@@]23C[C@@]1(O)CC[C@@H]2C1=C[C@H]2OC(=O)[C@@](C)([C@@H]2O)[C@@H]1[C@@H]3C(=O)O. The van der Waals surface area contributed by atoms with Crippen molar-refractivity contribution in [2.24, 2.45) is 28.6 Å². The number of carbonyl (C=O) groups excluding carboxylic acids is 1. The second-order valence-corrected chi connectivity index (χ2v) is 8.87. The summed E-state index contributed by atoms with van der Waals surface area (Å²) in [6.07, 6.45) is 2.14. The van der Waals surface area contributed by atoms with Gasteiger partial charge in [0.2, 0.25) is 0 Å². The molecule has 1 aliphatic heterocycles. The van der Waals surface area contributed by atoms with E-state index < -0.39 is 52.4 Å². The number of aliphatic hydroxyl groups is 2. The molecule has 3 N–H and O–H groups in total. The van der Waals surface area contributed by atoms with E-state index >= 15 is 0 Å². The second kappa shape index (κ2) is 4.18. The lowest BCUT2D eigenvalue weighted by molar-refractivity contribution is -0.157. The molecular formula is C19H22O6. The number of allylic oxidation sites excluding steroid dienone is 1. The Morgan fingerprint density at radius 2 is 2.16 bits per heavy atom. The second-order valence-electron chi connectivity index (χ2n) is 8.87. The van der Waals surface area contributed by atoms with Gasteiger partial charge < -0.3 is 20.1 Å². The van der Waals surface area contributed by atoms with Crippen LogP contribution in [0.15, 0.2) is 23.8 Å². The van der Waals surface area contributed by atoms with E-state index in [2.05, 4.69) is 6.58 Å². The minimum Gasteiger partial charge on any atom is -0.481 e. The number of rotatable bonds is 1. The van der Waals surface area contributed by atoms with E-state index in [0.29, 0.717) is 31.3 Å². The van der Waals surface area contributed by atoms with Crippen molar-refractivity contribution in [2.45, 2.75) is 50.4 Å². The number of esters is 1. The predicted octanol–water partition coefficient (Wildman–Crippen LogP) is 1.03. The molecule has 3 saturated carbocycles. The summed E-state index contributed by atoms with van der Waals surface area (Å²) in [6, 6.07) is 0. The number of carboxylic acids is 1. The molecule has 5 rings (SSSR count). The Bertz CT molecular complexity index is 770. The molecule has 0 unspecified atom stereocenters. The van der Waals surface area contributed by atoms with Crippen molar-refractivity contribution in [1.82, 2.24) is 0 Å². The normalized spacial score (nSPS) is 55.5. The first kappa shape index (κ1) is 15.6. The summed E-state index contributed by atoms with van der Waals surface area (Å²) < 4.78 is 5.34. The van der Waals surface area contributed by atoms with Gasteiger partial charge in [0.15, 0.2) is 0 Å². The maximum absolute atomic E-state index is 12.6. The van der Waals surface area contributed by atoms with Gasteiger partial charge in [-0.25, -0.2) is 0 Å². The monoisotopic (exact) mass is 346 g/mol. The molecule has 8 atom stereocenters. The van der Waals surface area contributed by atoms with Crippen molar-refractivity contribution in [3.8, 4) is 0 Å². The van der Waals surface area contributed by atoms with Gasteiger partial charge in [-0.15, -0.1) is 0 Å². The largest absolute Gasteiger partial charge is 0.481 e. The van der Waals surface area contributed by atoms with Crippen LogP contribution in [0.2, 0.25) is 0 Å². The Morgan fingerprint density at radius 1 is 1.44 bits per heavy atom. The maximum Gasteiger partial charge on any atom is 0.315 e. The van der Waals surface area contributed by atoms with Gasteiger partial charge in [-0.1, -0.05) is 12.2 Å². The van der Waals surface area contributed by atoms with Crippen LogP contribution in [0.4, 0.5) is 0 Å². The zero-order valence-corrected chi connectivity index (χ0v) is 14.1. The van der Waals surface area contributed by atoms with Crippen LogP contribution in [0.3, 0.4) is 0 Å². The molecule has 0 radical (unpaired) electrons. The molecule has 6 heteroatoms. The predicted molar refractivity (Wildman–Crippen MR) is 85.2 cm³/mol. The van der Waals surface area contributed by atoms with Gasteiger partial charge in [0, 0.05) is 5.92 Å². The number of hydrogen-bond donors (Lipinski definition) is 3. The highest BCUT2D eigenvalue weighted by Gasteiger charge is 2.75. The van der Waals surface area contributed by atoms with Crippen molar-refractivity contribution >= 4 is 11.9 Å². The first-order chi connectivity index (χ1) is 11.6. The van der Waals surface area contributed by atoms with Gasteiger partial charge in [0.05, 0.1) is 11.5 Å². The van der Waals surface area contributed by atoms with Gasteiger partial charge in [0.25, 0.3) is 0 Å². The molecule has 0 amide bonds. The number of carbonyl (C=O) groups is 2. The summed E-state index contributed by atoms with van der Waals surface area (Å²) in [6.45, 7) is 5.66. The summed E-state index contributed by atoms with van der Waals surface area (Å²) in [5.74, 6) is -2.92. The number of fused-ring (bicyclic) bond motifs is 6. The lowest BCUT2D eigenvalue weighted by Gasteiger charge is -2.41. The molecule has 4 aliphatic carbocycles. The van der Waals surface area contributed by atoms with Gasteiger partial charge in [-0.05, 0) is 55.6 Å². The van der Waals surface area contributed by atoms with E-state index in [1.54, 1.807) is 13.0 Å². The van der Waals surface area contributed by atoms with E-state index in [9.17, 15) is 24.9 Å². The molecule has 0 aromatic carbocycles. The smallest absolute Gasteiger partial charge is 0.315 e. The third-order valence-corrected chi connectivity index (χ3v) is 7.95. The van der Waals surface area contributed by atoms with Crippen molar-refractivity contribution in [2.75, 3.05) is 0 Å². The van der Waals surface area contributed by atoms with E-state index in [4.69, 9.17) is 4.74 Å². The molecule has 1 saturated heterocycles. The first-order valence-electron chi connectivity index (χ1n) is 8.89. The summed E-state index contributed by atoms with van der Waals surface area (Å²) in [5, 5.41) is 31.7. The Hall–Kier alpha value is -1.66. The molecule has 1 spiro atoms.